The van der Waals surface area contributed by atoms with Gasteiger partial charge in [-0.25, -0.2) is 0 Å². The molecule has 3 heteroatoms. The van der Waals surface area contributed by atoms with E-state index in [0.29, 0.717) is 18.0 Å². The van der Waals surface area contributed by atoms with Crippen molar-refractivity contribution in [2.24, 2.45) is 11.8 Å². The zero-order valence-corrected chi connectivity index (χ0v) is 12.9. The van der Waals surface area contributed by atoms with Crippen molar-refractivity contribution in [3.8, 4) is 0 Å². The molecule has 3 fully saturated rings. The quantitative estimate of drug-likeness (QED) is 0.837. The summed E-state index contributed by atoms with van der Waals surface area (Å²) in [6.45, 7) is 3.12. The number of nitrogens with zero attached hydrogens (tertiary/aromatic N) is 1. The lowest BCUT2D eigenvalue weighted by Crippen LogP contribution is -2.43. The molecule has 1 aliphatic heterocycles. The highest BCUT2D eigenvalue weighted by atomic mass is 16.2. The third-order valence-electron chi connectivity index (χ3n) is 5.80. The monoisotopic (exact) mass is 278 g/mol. The second-order valence-corrected chi connectivity index (χ2v) is 7.09. The molecule has 1 heterocycles. The van der Waals surface area contributed by atoms with E-state index in [1.54, 1.807) is 0 Å². The van der Waals surface area contributed by atoms with Crippen molar-refractivity contribution >= 4 is 5.91 Å². The van der Waals surface area contributed by atoms with E-state index >= 15 is 0 Å². The summed E-state index contributed by atoms with van der Waals surface area (Å²) >= 11 is 0. The lowest BCUT2D eigenvalue weighted by molar-refractivity contribution is -0.130. The molecule has 0 bridgehead atoms. The summed E-state index contributed by atoms with van der Waals surface area (Å²) in [6.07, 6.45) is 13.4. The molecule has 0 aromatic heterocycles. The average Bonchev–Trinajstić information content (AvgIpc) is 3.18. The molecule has 2 aliphatic carbocycles. The normalized spacial score (nSPS) is 32.6. The lowest BCUT2D eigenvalue weighted by Gasteiger charge is -2.29. The van der Waals surface area contributed by atoms with Gasteiger partial charge >= 0.3 is 0 Å². The molecule has 114 valence electrons. The van der Waals surface area contributed by atoms with Crippen LogP contribution in [-0.2, 0) is 4.79 Å². The van der Waals surface area contributed by atoms with E-state index in [-0.39, 0.29) is 6.04 Å². The van der Waals surface area contributed by atoms with Gasteiger partial charge in [-0.15, -0.1) is 0 Å². The number of hydrogen-bond acceptors (Lipinski definition) is 2. The Balaban J connectivity index is 1.61. The summed E-state index contributed by atoms with van der Waals surface area (Å²) in [7, 11) is 0. The predicted octanol–water partition coefficient (Wildman–Crippen LogP) is 3.29. The third-order valence-corrected chi connectivity index (χ3v) is 5.80. The van der Waals surface area contributed by atoms with Gasteiger partial charge in [-0.3, -0.25) is 10.1 Å². The Morgan fingerprint density at radius 3 is 2.40 bits per heavy atom. The summed E-state index contributed by atoms with van der Waals surface area (Å²) in [5.41, 5.74) is 0. The van der Waals surface area contributed by atoms with Gasteiger partial charge in [0.05, 0.1) is 12.2 Å². The van der Waals surface area contributed by atoms with Gasteiger partial charge in [-0.05, 0) is 37.5 Å². The van der Waals surface area contributed by atoms with Crippen LogP contribution < -0.4 is 5.32 Å². The van der Waals surface area contributed by atoms with E-state index in [1.807, 2.05) is 0 Å². The van der Waals surface area contributed by atoms with E-state index in [2.05, 4.69) is 17.1 Å². The zero-order valence-electron chi connectivity index (χ0n) is 12.9. The lowest BCUT2D eigenvalue weighted by atomic mass is 10.0. The van der Waals surface area contributed by atoms with Crippen LogP contribution >= 0.6 is 0 Å². The first-order chi connectivity index (χ1) is 9.79. The van der Waals surface area contributed by atoms with Crippen LogP contribution in [0.2, 0.25) is 0 Å². The van der Waals surface area contributed by atoms with Crippen LogP contribution in [0.25, 0.3) is 0 Å². The summed E-state index contributed by atoms with van der Waals surface area (Å²) < 4.78 is 0. The number of carbonyl (C=O) groups is 1. The van der Waals surface area contributed by atoms with Crippen molar-refractivity contribution in [1.29, 1.82) is 0 Å². The second-order valence-electron chi connectivity index (χ2n) is 7.09. The number of nitrogens with one attached hydrogen (secondary N) is 1. The second kappa shape index (κ2) is 6.46. The molecule has 0 radical (unpaired) electrons. The molecule has 2 saturated carbocycles. The summed E-state index contributed by atoms with van der Waals surface area (Å²) in [4.78, 5) is 14.8. The van der Waals surface area contributed by atoms with Crippen molar-refractivity contribution in [2.75, 3.05) is 6.54 Å². The van der Waals surface area contributed by atoms with Gasteiger partial charge in [0, 0.05) is 6.54 Å². The van der Waals surface area contributed by atoms with Gasteiger partial charge in [0.15, 0.2) is 0 Å². The van der Waals surface area contributed by atoms with E-state index in [0.717, 1.165) is 18.9 Å². The minimum Gasteiger partial charge on any atom is -0.326 e. The fraction of sp³-hybridized carbons (Fsp3) is 0.941. The zero-order chi connectivity index (χ0) is 13.9. The SMILES string of the molecule is CCC1NC(C2CCCC2)N(CCC2CCCC2)C1=O. The molecule has 1 N–H and O–H groups in total. The molecule has 1 amide bonds. The molecule has 0 aromatic rings. The first-order valence-corrected chi connectivity index (χ1v) is 8.86. The molecule has 0 spiro atoms. The number of hydrogen-bond donors (Lipinski definition) is 1. The molecule has 2 unspecified atom stereocenters. The Hall–Kier alpha value is -0.570. The Kier molecular flexibility index (Phi) is 4.65. The number of amides is 1. The molecular formula is C17H30N2O. The Morgan fingerprint density at radius 2 is 1.75 bits per heavy atom. The van der Waals surface area contributed by atoms with Gasteiger partial charge in [0.1, 0.15) is 0 Å². The van der Waals surface area contributed by atoms with Gasteiger partial charge in [-0.2, -0.15) is 0 Å². The van der Waals surface area contributed by atoms with E-state index in [1.165, 1.54) is 57.8 Å². The summed E-state index contributed by atoms with van der Waals surface area (Å²) in [5.74, 6) is 1.97. The van der Waals surface area contributed by atoms with Crippen LogP contribution in [0, 0.1) is 11.8 Å². The first-order valence-electron chi connectivity index (χ1n) is 8.86. The Bertz CT molecular complexity index is 332. The molecule has 3 aliphatic rings. The molecule has 20 heavy (non-hydrogen) atoms. The molecule has 0 aromatic carbocycles. The maximum absolute atomic E-state index is 12.6. The van der Waals surface area contributed by atoms with Crippen LogP contribution in [-0.4, -0.2) is 29.6 Å². The van der Waals surface area contributed by atoms with Gasteiger partial charge in [0.25, 0.3) is 0 Å². The van der Waals surface area contributed by atoms with Crippen molar-refractivity contribution in [2.45, 2.75) is 83.3 Å². The van der Waals surface area contributed by atoms with Crippen LogP contribution in [0.15, 0.2) is 0 Å². The molecule has 2 atom stereocenters. The summed E-state index contributed by atoms with van der Waals surface area (Å²) in [5, 5.41) is 3.63. The van der Waals surface area contributed by atoms with Gasteiger partial charge in [-0.1, -0.05) is 45.4 Å². The topological polar surface area (TPSA) is 32.3 Å². The fourth-order valence-electron chi connectivity index (χ4n) is 4.53. The fourth-order valence-corrected chi connectivity index (χ4v) is 4.53. The Labute approximate surface area is 123 Å². The van der Waals surface area contributed by atoms with Crippen LogP contribution in [0.1, 0.15) is 71.1 Å². The summed E-state index contributed by atoms with van der Waals surface area (Å²) in [6, 6.07) is 0.0872. The number of rotatable bonds is 5. The molecular weight excluding hydrogens is 248 g/mol. The van der Waals surface area contributed by atoms with Crippen LogP contribution in [0.3, 0.4) is 0 Å². The minimum atomic E-state index is 0.0872. The standard InChI is InChI=1S/C17H30N2O/c1-2-15-17(20)19(12-11-13-7-3-4-8-13)16(18-15)14-9-5-6-10-14/h13-16,18H,2-12H2,1H3. The molecule has 3 nitrogen and oxygen atoms in total. The minimum absolute atomic E-state index is 0.0872. The Morgan fingerprint density at radius 1 is 1.10 bits per heavy atom. The van der Waals surface area contributed by atoms with E-state index < -0.39 is 0 Å². The highest BCUT2D eigenvalue weighted by Crippen LogP contribution is 2.34. The van der Waals surface area contributed by atoms with Crippen molar-refractivity contribution in [1.82, 2.24) is 10.2 Å². The van der Waals surface area contributed by atoms with Crippen LogP contribution in [0.5, 0.6) is 0 Å². The number of carbonyl (C=O) groups excluding carboxylic acids is 1. The first kappa shape index (κ1) is 14.4. The van der Waals surface area contributed by atoms with Crippen molar-refractivity contribution in [3.05, 3.63) is 0 Å². The van der Waals surface area contributed by atoms with Gasteiger partial charge < -0.3 is 4.90 Å². The molecule has 1 saturated heterocycles. The van der Waals surface area contributed by atoms with E-state index in [4.69, 9.17) is 0 Å². The highest BCUT2D eigenvalue weighted by Gasteiger charge is 2.42. The maximum Gasteiger partial charge on any atom is 0.241 e. The van der Waals surface area contributed by atoms with Crippen molar-refractivity contribution in [3.63, 3.8) is 0 Å². The van der Waals surface area contributed by atoms with E-state index in [9.17, 15) is 4.79 Å². The maximum atomic E-state index is 12.6. The van der Waals surface area contributed by atoms with Crippen molar-refractivity contribution < 1.29 is 4.79 Å². The smallest absolute Gasteiger partial charge is 0.241 e. The highest BCUT2D eigenvalue weighted by molar-refractivity contribution is 5.84. The third kappa shape index (κ3) is 2.88. The van der Waals surface area contributed by atoms with Gasteiger partial charge in [0.2, 0.25) is 5.91 Å². The molecule has 3 rings (SSSR count). The predicted molar refractivity (Wildman–Crippen MR) is 81.2 cm³/mol. The largest absolute Gasteiger partial charge is 0.326 e. The average molecular weight is 278 g/mol. The van der Waals surface area contributed by atoms with Crippen LogP contribution in [0.4, 0.5) is 0 Å².